The first kappa shape index (κ1) is 21.5. The number of thioether (sulfide) groups is 1. The Hall–Kier alpha value is -2.78. The van der Waals surface area contributed by atoms with Gasteiger partial charge in [-0.15, -0.1) is 0 Å². The predicted octanol–water partition coefficient (Wildman–Crippen LogP) is 6.96. The van der Waals surface area contributed by atoms with E-state index in [1.807, 2.05) is 24.3 Å². The number of alkyl halides is 3. The number of hydrogen-bond donors (Lipinski definition) is 0. The van der Waals surface area contributed by atoms with Crippen LogP contribution >= 0.6 is 27.7 Å². The number of carbonyl (C=O) groups excluding carboxylic acids is 2. The minimum absolute atomic E-state index is 0.142. The monoisotopic (exact) mass is 507 g/mol. The molecular weight excluding hydrogens is 495 g/mol. The SMILES string of the molecule is O=C1S/C(=C/c2ccc(-c3cccc(C(F)(F)F)c3)o2)C(=O)N1Cc1ccc(Br)cc1. The fourth-order valence-electron chi connectivity index (χ4n) is 2.97. The van der Waals surface area contributed by atoms with Crippen LogP contribution in [0.2, 0.25) is 0 Å². The molecule has 4 rings (SSSR count). The number of halogens is 4. The smallest absolute Gasteiger partial charge is 0.416 e. The summed E-state index contributed by atoms with van der Waals surface area (Å²) in [6, 6.07) is 15.1. The Morgan fingerprint density at radius 3 is 2.48 bits per heavy atom. The molecule has 31 heavy (non-hydrogen) atoms. The summed E-state index contributed by atoms with van der Waals surface area (Å²) in [6.07, 6.45) is -3.04. The number of furan rings is 1. The van der Waals surface area contributed by atoms with Crippen molar-refractivity contribution in [3.05, 3.63) is 86.9 Å². The maximum absolute atomic E-state index is 12.9. The molecule has 0 unspecified atom stereocenters. The molecule has 158 valence electrons. The van der Waals surface area contributed by atoms with Crippen LogP contribution < -0.4 is 0 Å². The standard InChI is InChI=1S/C22H13BrF3NO3S/c23-16-6-4-13(5-7-16)12-27-20(28)19(31-21(27)29)11-17-8-9-18(30-17)14-2-1-3-15(10-14)22(24,25)26/h1-11H,12H2/b19-11+. The molecule has 0 radical (unpaired) electrons. The number of hydrogen-bond acceptors (Lipinski definition) is 4. The van der Waals surface area contributed by atoms with Crippen molar-refractivity contribution < 1.29 is 27.2 Å². The first-order valence-corrected chi connectivity index (χ1v) is 10.6. The molecule has 1 aromatic heterocycles. The average molecular weight is 508 g/mol. The first-order valence-electron chi connectivity index (χ1n) is 8.98. The van der Waals surface area contributed by atoms with Gasteiger partial charge in [0.15, 0.2) is 0 Å². The van der Waals surface area contributed by atoms with Crippen molar-refractivity contribution in [1.82, 2.24) is 4.90 Å². The van der Waals surface area contributed by atoms with Gasteiger partial charge in [0.25, 0.3) is 11.1 Å². The van der Waals surface area contributed by atoms with Crippen molar-refractivity contribution in [2.24, 2.45) is 0 Å². The van der Waals surface area contributed by atoms with Crippen molar-refractivity contribution >= 4 is 44.9 Å². The fraction of sp³-hybridized carbons (Fsp3) is 0.0909. The van der Waals surface area contributed by atoms with E-state index >= 15 is 0 Å². The van der Waals surface area contributed by atoms with Crippen LogP contribution in [0.15, 0.2) is 74.5 Å². The zero-order chi connectivity index (χ0) is 22.2. The van der Waals surface area contributed by atoms with Gasteiger partial charge < -0.3 is 4.42 Å². The highest BCUT2D eigenvalue weighted by atomic mass is 79.9. The zero-order valence-electron chi connectivity index (χ0n) is 15.7. The number of benzene rings is 2. The topological polar surface area (TPSA) is 50.5 Å². The maximum Gasteiger partial charge on any atom is 0.416 e. The van der Waals surface area contributed by atoms with Gasteiger partial charge in [0.2, 0.25) is 0 Å². The Balaban J connectivity index is 1.53. The van der Waals surface area contributed by atoms with E-state index in [0.717, 1.165) is 38.8 Å². The van der Waals surface area contributed by atoms with Crippen molar-refractivity contribution in [2.45, 2.75) is 12.7 Å². The molecule has 2 heterocycles. The lowest BCUT2D eigenvalue weighted by Crippen LogP contribution is -2.27. The van der Waals surface area contributed by atoms with E-state index in [1.54, 1.807) is 0 Å². The van der Waals surface area contributed by atoms with Crippen molar-refractivity contribution in [3.8, 4) is 11.3 Å². The molecular formula is C22H13BrF3NO3S. The Morgan fingerprint density at radius 1 is 1.03 bits per heavy atom. The number of imide groups is 1. The highest BCUT2D eigenvalue weighted by Crippen LogP contribution is 2.35. The predicted molar refractivity (Wildman–Crippen MR) is 115 cm³/mol. The van der Waals surface area contributed by atoms with Crippen LogP contribution in [-0.4, -0.2) is 16.0 Å². The lowest BCUT2D eigenvalue weighted by Gasteiger charge is -2.12. The van der Waals surface area contributed by atoms with Gasteiger partial charge in [-0.05, 0) is 53.7 Å². The Morgan fingerprint density at radius 2 is 1.77 bits per heavy atom. The molecule has 1 fully saturated rings. The lowest BCUT2D eigenvalue weighted by atomic mass is 10.1. The van der Waals surface area contributed by atoms with Crippen LogP contribution in [0, 0.1) is 0 Å². The molecule has 2 amide bonds. The van der Waals surface area contributed by atoms with Gasteiger partial charge in [0.05, 0.1) is 17.0 Å². The maximum atomic E-state index is 12.9. The van der Waals surface area contributed by atoms with Crippen LogP contribution in [-0.2, 0) is 17.5 Å². The van der Waals surface area contributed by atoms with Crippen molar-refractivity contribution in [3.63, 3.8) is 0 Å². The van der Waals surface area contributed by atoms with Gasteiger partial charge >= 0.3 is 6.18 Å². The summed E-state index contributed by atoms with van der Waals surface area (Å²) >= 11 is 4.12. The normalized spacial score (nSPS) is 15.9. The highest BCUT2D eigenvalue weighted by molar-refractivity contribution is 9.10. The third-order valence-electron chi connectivity index (χ3n) is 4.50. The molecule has 3 aromatic rings. The fourth-order valence-corrected chi connectivity index (χ4v) is 4.05. The summed E-state index contributed by atoms with van der Waals surface area (Å²) in [5.41, 5.74) is 0.284. The summed E-state index contributed by atoms with van der Waals surface area (Å²) in [4.78, 5) is 26.3. The average Bonchev–Trinajstić information content (AvgIpc) is 3.29. The van der Waals surface area contributed by atoms with Gasteiger partial charge in [-0.1, -0.05) is 40.2 Å². The minimum Gasteiger partial charge on any atom is -0.457 e. The van der Waals surface area contributed by atoms with Gasteiger partial charge in [0, 0.05) is 16.1 Å². The molecule has 1 saturated heterocycles. The van der Waals surface area contributed by atoms with Crippen LogP contribution in [0.1, 0.15) is 16.9 Å². The Labute approximate surface area is 187 Å². The second kappa shape index (κ2) is 8.39. The summed E-state index contributed by atoms with van der Waals surface area (Å²) in [7, 11) is 0. The van der Waals surface area contributed by atoms with E-state index in [0.29, 0.717) is 0 Å². The van der Waals surface area contributed by atoms with Crippen LogP contribution in [0.5, 0.6) is 0 Å². The second-order valence-corrected chi connectivity index (χ2v) is 8.58. The van der Waals surface area contributed by atoms with E-state index in [9.17, 15) is 22.8 Å². The summed E-state index contributed by atoms with van der Waals surface area (Å²) < 4.78 is 45.3. The van der Waals surface area contributed by atoms with Crippen LogP contribution in [0.25, 0.3) is 17.4 Å². The van der Waals surface area contributed by atoms with E-state index in [4.69, 9.17) is 4.42 Å². The molecule has 4 nitrogen and oxygen atoms in total. The summed E-state index contributed by atoms with van der Waals surface area (Å²) in [6.45, 7) is 0.142. The molecule has 0 saturated carbocycles. The van der Waals surface area contributed by atoms with Gasteiger partial charge in [-0.25, -0.2) is 0 Å². The van der Waals surface area contributed by atoms with Crippen molar-refractivity contribution in [2.75, 3.05) is 0 Å². The molecule has 2 aromatic carbocycles. The quantitative estimate of drug-likeness (QED) is 0.358. The van der Waals surface area contributed by atoms with Crippen molar-refractivity contribution in [1.29, 1.82) is 0 Å². The van der Waals surface area contributed by atoms with Gasteiger partial charge in [-0.3, -0.25) is 14.5 Å². The number of nitrogens with zero attached hydrogens (tertiary/aromatic N) is 1. The molecule has 0 aliphatic carbocycles. The summed E-state index contributed by atoms with van der Waals surface area (Å²) in [5.74, 6) is 0.0444. The molecule has 9 heteroatoms. The van der Waals surface area contributed by atoms with E-state index in [2.05, 4.69) is 15.9 Å². The zero-order valence-corrected chi connectivity index (χ0v) is 18.1. The van der Waals surface area contributed by atoms with Crippen LogP contribution in [0.4, 0.5) is 18.0 Å². The van der Waals surface area contributed by atoms with E-state index < -0.39 is 22.9 Å². The third-order valence-corrected chi connectivity index (χ3v) is 5.94. The molecule has 1 aliphatic heterocycles. The molecule has 0 N–H and O–H groups in total. The molecule has 1 aliphatic rings. The minimum atomic E-state index is -4.46. The Kier molecular flexibility index (Phi) is 5.81. The highest BCUT2D eigenvalue weighted by Gasteiger charge is 2.35. The molecule has 0 atom stereocenters. The Bertz CT molecular complexity index is 1190. The summed E-state index contributed by atoms with van der Waals surface area (Å²) in [5, 5.41) is -0.399. The van der Waals surface area contributed by atoms with E-state index in [-0.39, 0.29) is 28.5 Å². The number of carbonyl (C=O) groups is 2. The lowest BCUT2D eigenvalue weighted by molar-refractivity contribution is -0.137. The van der Waals surface area contributed by atoms with Gasteiger partial charge in [-0.2, -0.15) is 13.2 Å². The van der Waals surface area contributed by atoms with Crippen LogP contribution in [0.3, 0.4) is 0 Å². The van der Waals surface area contributed by atoms with Gasteiger partial charge in [0.1, 0.15) is 11.5 Å². The third kappa shape index (κ3) is 4.77. The second-order valence-electron chi connectivity index (χ2n) is 6.67. The largest absolute Gasteiger partial charge is 0.457 e. The number of amides is 2. The molecule has 0 bridgehead atoms. The van der Waals surface area contributed by atoms with E-state index in [1.165, 1.54) is 30.3 Å². The first-order chi connectivity index (χ1) is 14.7. The number of rotatable bonds is 4. The molecule has 0 spiro atoms.